The molecule has 0 saturated heterocycles. The fourth-order valence-electron chi connectivity index (χ4n) is 4.95. The molecule has 0 radical (unpaired) electrons. The number of nitrogens with zero attached hydrogens (tertiary/aromatic N) is 3. The fraction of sp³-hybridized carbons (Fsp3) is 0.0333. The van der Waals surface area contributed by atoms with Crippen molar-refractivity contribution in [2.75, 3.05) is 9.80 Å². The third-order valence-electron chi connectivity index (χ3n) is 6.63. The summed E-state index contributed by atoms with van der Waals surface area (Å²) in [7, 11) is 0. The van der Waals surface area contributed by atoms with Crippen LogP contribution in [-0.2, 0) is 0 Å². The summed E-state index contributed by atoms with van der Waals surface area (Å²) in [5, 5.41) is 0. The van der Waals surface area contributed by atoms with Gasteiger partial charge in [-0.15, -0.1) is 0 Å². The van der Waals surface area contributed by atoms with E-state index in [1.165, 1.54) is 34.3 Å². The number of fused-ring (bicyclic) bond motifs is 2. The molecule has 40 heavy (non-hydrogen) atoms. The van der Waals surface area contributed by atoms with Crippen LogP contribution in [0.25, 0.3) is 0 Å². The van der Waals surface area contributed by atoms with E-state index in [1.54, 1.807) is 54.6 Å². The molecule has 2 aliphatic heterocycles. The van der Waals surface area contributed by atoms with E-state index < -0.39 is 23.4 Å². The molecular weight excluding hydrogens is 706 g/mol. The summed E-state index contributed by atoms with van der Waals surface area (Å²) in [6.45, 7) is 1.83. The van der Waals surface area contributed by atoms with Crippen LogP contribution in [0.5, 0.6) is 0 Å². The lowest BCUT2D eigenvalue weighted by molar-refractivity contribution is 0.0953. The third kappa shape index (κ3) is 4.09. The number of aryl methyl sites for hydroxylation is 1. The van der Waals surface area contributed by atoms with Gasteiger partial charge in [0.1, 0.15) is 11.4 Å². The first-order valence-corrected chi connectivity index (χ1v) is 14.3. The largest absolute Gasteiger partial charge is 0.287 e. The van der Waals surface area contributed by atoms with Gasteiger partial charge in [0, 0.05) is 42.5 Å². The summed E-state index contributed by atoms with van der Waals surface area (Å²) >= 11 is 10.5. The number of hydrogen-bond donors (Lipinski definition) is 0. The van der Waals surface area contributed by atoms with Crippen LogP contribution in [0.2, 0.25) is 0 Å². The van der Waals surface area contributed by atoms with E-state index in [9.17, 15) is 19.2 Å². The lowest BCUT2D eigenvalue weighted by Crippen LogP contribution is -2.37. The second kappa shape index (κ2) is 10.0. The molecule has 10 heteroatoms. The minimum atomic E-state index is -0.561. The molecule has 3 aromatic carbocycles. The predicted molar refractivity (Wildman–Crippen MR) is 161 cm³/mol. The van der Waals surface area contributed by atoms with E-state index in [1.807, 2.05) is 6.92 Å². The summed E-state index contributed by atoms with van der Waals surface area (Å²) < 4.78 is 1.57. The molecule has 0 aliphatic carbocycles. The number of hydrogen-bond acceptors (Lipinski definition) is 5. The van der Waals surface area contributed by atoms with Gasteiger partial charge in [-0.1, -0.05) is 34.1 Å². The first-order valence-electron chi connectivity index (χ1n) is 12.0. The second-order valence-electron chi connectivity index (χ2n) is 9.17. The van der Waals surface area contributed by atoms with Crippen molar-refractivity contribution in [3.8, 4) is 0 Å². The summed E-state index contributed by atoms with van der Waals surface area (Å²) in [5.41, 5.74) is 2.01. The predicted octanol–water partition coefficient (Wildman–Crippen LogP) is 7.28. The van der Waals surface area contributed by atoms with E-state index >= 15 is 0 Å². The highest BCUT2D eigenvalue weighted by Gasteiger charge is 2.48. The highest BCUT2D eigenvalue weighted by molar-refractivity contribution is 9.11. The molecule has 196 valence electrons. The normalized spacial score (nSPS) is 15.9. The summed E-state index contributed by atoms with van der Waals surface area (Å²) in [6.07, 6.45) is 2.94. The fourth-order valence-corrected chi connectivity index (χ4v) is 7.10. The Bertz CT molecular complexity index is 1690. The minimum Gasteiger partial charge on any atom is -0.287 e. The zero-order valence-corrected chi connectivity index (χ0v) is 25.4. The molecule has 4 aromatic rings. The van der Waals surface area contributed by atoms with Crippen molar-refractivity contribution in [3.63, 3.8) is 0 Å². The molecule has 0 unspecified atom stereocenters. The number of carbonyl (C=O) groups is 4. The highest BCUT2D eigenvalue weighted by atomic mass is 79.9. The SMILES string of the molecule is Cc1cc(Br)c2c(c1)C(=O)/C(=C1/C(=O)c3cc(Br)cc(Br)c3N1C(=O)c1ccncc1)N2C(=O)c1ccccc1. The van der Waals surface area contributed by atoms with Crippen molar-refractivity contribution < 1.29 is 19.2 Å². The maximum Gasteiger partial charge on any atom is 0.263 e. The lowest BCUT2D eigenvalue weighted by atomic mass is 10.1. The Labute approximate surface area is 253 Å². The average Bonchev–Trinajstić information content (AvgIpc) is 3.39. The van der Waals surface area contributed by atoms with Crippen molar-refractivity contribution in [1.29, 1.82) is 0 Å². The second-order valence-corrected chi connectivity index (χ2v) is 11.8. The van der Waals surface area contributed by atoms with Crippen molar-refractivity contribution >= 4 is 82.5 Å². The summed E-state index contributed by atoms with van der Waals surface area (Å²) in [4.78, 5) is 63.0. The smallest absolute Gasteiger partial charge is 0.263 e. The van der Waals surface area contributed by atoms with E-state index in [4.69, 9.17) is 0 Å². The molecule has 1 aromatic heterocycles. The van der Waals surface area contributed by atoms with Crippen LogP contribution in [0.4, 0.5) is 11.4 Å². The quantitative estimate of drug-likeness (QED) is 0.203. The Balaban J connectivity index is 1.69. The minimum absolute atomic E-state index is 0.193. The molecule has 0 N–H and O–H groups in total. The number of benzene rings is 3. The van der Waals surface area contributed by atoms with Gasteiger partial charge in [0.2, 0.25) is 11.6 Å². The van der Waals surface area contributed by atoms with Gasteiger partial charge in [-0.05, 0) is 92.9 Å². The molecular formula is C30H16Br3N3O4. The molecule has 7 nitrogen and oxygen atoms in total. The van der Waals surface area contributed by atoms with Gasteiger partial charge in [0.15, 0.2) is 0 Å². The topological polar surface area (TPSA) is 87.7 Å². The Hall–Kier alpha value is -3.73. The van der Waals surface area contributed by atoms with Gasteiger partial charge in [0.05, 0.1) is 16.9 Å². The lowest BCUT2D eigenvalue weighted by Gasteiger charge is -2.25. The number of ketones is 2. The van der Waals surface area contributed by atoms with Gasteiger partial charge < -0.3 is 0 Å². The maximum atomic E-state index is 14.2. The first-order chi connectivity index (χ1) is 19.2. The van der Waals surface area contributed by atoms with Crippen LogP contribution in [0.3, 0.4) is 0 Å². The Morgan fingerprint density at radius 1 is 0.675 bits per heavy atom. The van der Waals surface area contributed by atoms with Crippen LogP contribution < -0.4 is 9.80 Å². The van der Waals surface area contributed by atoms with Gasteiger partial charge in [-0.2, -0.15) is 0 Å². The Morgan fingerprint density at radius 2 is 1.18 bits per heavy atom. The van der Waals surface area contributed by atoms with Crippen LogP contribution in [0.15, 0.2) is 104 Å². The number of halogens is 3. The number of anilines is 2. The number of rotatable bonds is 2. The molecule has 0 atom stereocenters. The van der Waals surface area contributed by atoms with Crippen molar-refractivity contribution in [2.24, 2.45) is 0 Å². The Kier molecular flexibility index (Phi) is 6.64. The van der Waals surface area contributed by atoms with E-state index in [-0.39, 0.29) is 33.8 Å². The maximum absolute atomic E-state index is 14.2. The third-order valence-corrected chi connectivity index (χ3v) is 8.30. The summed E-state index contributed by atoms with van der Waals surface area (Å²) in [6, 6.07) is 18.3. The number of amides is 2. The number of carbonyl (C=O) groups excluding carboxylic acids is 4. The van der Waals surface area contributed by atoms with Gasteiger partial charge in [0.25, 0.3) is 11.8 Å². The molecule has 3 heterocycles. The van der Waals surface area contributed by atoms with Crippen molar-refractivity contribution in [2.45, 2.75) is 6.92 Å². The van der Waals surface area contributed by atoms with Crippen LogP contribution in [0.1, 0.15) is 47.0 Å². The molecule has 2 amide bonds. The van der Waals surface area contributed by atoms with Crippen LogP contribution in [0, 0.1) is 6.92 Å². The van der Waals surface area contributed by atoms with Gasteiger partial charge >= 0.3 is 0 Å². The van der Waals surface area contributed by atoms with Crippen molar-refractivity contribution in [3.05, 3.63) is 132 Å². The van der Waals surface area contributed by atoms with Crippen molar-refractivity contribution in [1.82, 2.24) is 4.98 Å². The zero-order valence-electron chi connectivity index (χ0n) is 20.6. The van der Waals surface area contributed by atoms with Gasteiger partial charge in [-0.25, -0.2) is 0 Å². The first kappa shape index (κ1) is 26.5. The van der Waals surface area contributed by atoms with Crippen LogP contribution >= 0.6 is 47.8 Å². The molecule has 0 bridgehead atoms. The number of allylic oxidation sites excluding steroid dienone is 2. The number of pyridine rings is 1. The molecule has 2 aliphatic rings. The average molecular weight is 722 g/mol. The standard InChI is InChI=1S/C30H16Br3N3O4/c1-15-11-19-23(21(32)12-15)35(29(39)16-5-3-2-4-6-16)25(27(19)37)26-28(38)20-13-18(31)14-22(33)24(20)36(26)30(40)17-7-9-34-10-8-17/h2-14H,1H3/b26-25+. The molecule has 6 rings (SSSR count). The highest BCUT2D eigenvalue weighted by Crippen LogP contribution is 2.49. The number of aromatic nitrogens is 1. The molecule has 0 fully saturated rings. The molecule has 0 saturated carbocycles. The monoisotopic (exact) mass is 719 g/mol. The molecule has 0 spiro atoms. The van der Waals surface area contributed by atoms with E-state index in [0.717, 1.165) is 5.56 Å². The number of Topliss-reactive ketones (excluding diaryl/α,β-unsaturated/α-hetero) is 2. The van der Waals surface area contributed by atoms with E-state index in [2.05, 4.69) is 52.8 Å². The van der Waals surface area contributed by atoms with Gasteiger partial charge in [-0.3, -0.25) is 34.0 Å². The van der Waals surface area contributed by atoms with Crippen LogP contribution in [-0.4, -0.2) is 28.4 Å². The van der Waals surface area contributed by atoms with E-state index in [0.29, 0.717) is 24.7 Å². The zero-order chi connectivity index (χ0) is 28.3. The Morgan fingerprint density at radius 3 is 1.75 bits per heavy atom. The summed E-state index contributed by atoms with van der Waals surface area (Å²) in [5.74, 6) is -2.16.